The minimum atomic E-state index is -0.954. The number of aliphatic carboxylic acids is 1. The predicted octanol–water partition coefficient (Wildman–Crippen LogP) is 1.97. The summed E-state index contributed by atoms with van der Waals surface area (Å²) in [7, 11) is 0. The van der Waals surface area contributed by atoms with Gasteiger partial charge in [-0.25, -0.2) is 0 Å². The van der Waals surface area contributed by atoms with Crippen LogP contribution in [0.15, 0.2) is 12.2 Å². The first kappa shape index (κ1) is 16.0. The molecule has 2 heterocycles. The van der Waals surface area contributed by atoms with Crippen LogP contribution in [-0.4, -0.2) is 35.7 Å². The molecule has 5 nitrogen and oxygen atoms in total. The summed E-state index contributed by atoms with van der Waals surface area (Å²) in [5.41, 5.74) is 0. The third-order valence-electron chi connectivity index (χ3n) is 4.60. The summed E-state index contributed by atoms with van der Waals surface area (Å²) in [5, 5.41) is 12.2. The zero-order chi connectivity index (χ0) is 15.4. The van der Waals surface area contributed by atoms with Crippen molar-refractivity contribution in [2.24, 2.45) is 17.8 Å². The third kappa shape index (κ3) is 3.46. The minimum absolute atomic E-state index is 0.186. The normalized spacial score (nSPS) is 31.3. The number of rotatable bonds is 8. The highest BCUT2D eigenvalue weighted by Gasteiger charge is 2.53. The van der Waals surface area contributed by atoms with Crippen LogP contribution < -0.4 is 5.32 Å². The Labute approximate surface area is 125 Å². The summed E-state index contributed by atoms with van der Waals surface area (Å²) >= 11 is 0. The van der Waals surface area contributed by atoms with E-state index in [9.17, 15) is 14.7 Å². The van der Waals surface area contributed by atoms with Crippen LogP contribution in [0.5, 0.6) is 0 Å². The Kier molecular flexibility index (Phi) is 5.39. The summed E-state index contributed by atoms with van der Waals surface area (Å²) in [5.74, 6) is -2.02. The molecule has 0 aromatic rings. The molecule has 5 atom stereocenters. The maximum atomic E-state index is 12.4. The number of unbranched alkanes of at least 4 members (excludes halogenated alkanes) is 1. The molecule has 118 valence electrons. The summed E-state index contributed by atoms with van der Waals surface area (Å²) in [4.78, 5) is 23.7. The van der Waals surface area contributed by atoms with E-state index in [1.165, 1.54) is 0 Å². The fourth-order valence-electron chi connectivity index (χ4n) is 3.22. The Morgan fingerprint density at radius 3 is 2.48 bits per heavy atom. The molecule has 0 aliphatic carbocycles. The molecular formula is C16H25NO4. The van der Waals surface area contributed by atoms with Crippen LogP contribution in [0.4, 0.5) is 0 Å². The van der Waals surface area contributed by atoms with E-state index in [0.717, 1.165) is 25.7 Å². The second-order valence-electron chi connectivity index (χ2n) is 6.00. The van der Waals surface area contributed by atoms with Gasteiger partial charge in [-0.1, -0.05) is 45.3 Å². The molecule has 1 saturated heterocycles. The summed E-state index contributed by atoms with van der Waals surface area (Å²) in [6.45, 7) is 4.90. The number of ether oxygens (including phenoxy) is 1. The zero-order valence-electron chi connectivity index (χ0n) is 12.7. The second kappa shape index (κ2) is 7.07. The number of carboxylic acid groups (broad SMARTS) is 1. The van der Waals surface area contributed by atoms with Gasteiger partial charge in [0.15, 0.2) is 0 Å². The standard InChI is InChI=1S/C16H25NO4/c1-3-5-6-10(4-2)9-17-15(18)13-11-7-8-12(21-11)14(13)16(19)20/h7-8,10-14H,3-6,9H2,1-2H3,(H,17,18)(H,19,20)/t10-,11+,12-,13-,14+/m1/s1. The van der Waals surface area contributed by atoms with Crippen molar-refractivity contribution in [2.75, 3.05) is 6.54 Å². The Bertz CT molecular complexity index is 421. The molecule has 2 bridgehead atoms. The predicted molar refractivity (Wildman–Crippen MR) is 78.7 cm³/mol. The topological polar surface area (TPSA) is 75.6 Å². The molecule has 0 saturated carbocycles. The number of fused-ring (bicyclic) bond motifs is 2. The Hall–Kier alpha value is -1.36. The Balaban J connectivity index is 1.90. The number of nitrogens with one attached hydrogen (secondary N) is 1. The quantitative estimate of drug-likeness (QED) is 0.671. The number of hydrogen-bond donors (Lipinski definition) is 2. The highest BCUT2D eigenvalue weighted by atomic mass is 16.5. The molecule has 2 rings (SSSR count). The van der Waals surface area contributed by atoms with Crippen molar-refractivity contribution in [1.29, 1.82) is 0 Å². The van der Waals surface area contributed by atoms with Gasteiger partial charge in [-0.2, -0.15) is 0 Å². The van der Waals surface area contributed by atoms with Crippen molar-refractivity contribution in [1.82, 2.24) is 5.32 Å². The fraction of sp³-hybridized carbons (Fsp3) is 0.750. The summed E-state index contributed by atoms with van der Waals surface area (Å²) in [6.07, 6.45) is 7.16. The molecule has 1 amide bonds. The molecule has 0 aromatic carbocycles. The number of amides is 1. The van der Waals surface area contributed by atoms with E-state index >= 15 is 0 Å². The molecule has 5 heteroatoms. The van der Waals surface area contributed by atoms with Crippen molar-refractivity contribution in [3.63, 3.8) is 0 Å². The molecule has 1 fully saturated rings. The van der Waals surface area contributed by atoms with Gasteiger partial charge in [0, 0.05) is 6.54 Å². The number of carbonyl (C=O) groups is 2. The Morgan fingerprint density at radius 2 is 1.90 bits per heavy atom. The van der Waals surface area contributed by atoms with Gasteiger partial charge in [-0.3, -0.25) is 9.59 Å². The number of carbonyl (C=O) groups excluding carboxylic acids is 1. The number of hydrogen-bond acceptors (Lipinski definition) is 3. The van der Waals surface area contributed by atoms with E-state index in [2.05, 4.69) is 19.2 Å². The second-order valence-corrected chi connectivity index (χ2v) is 6.00. The first-order chi connectivity index (χ1) is 10.1. The molecule has 2 N–H and O–H groups in total. The summed E-state index contributed by atoms with van der Waals surface area (Å²) in [6, 6.07) is 0. The molecule has 2 aliphatic heterocycles. The van der Waals surface area contributed by atoms with E-state index in [4.69, 9.17) is 4.74 Å². The SMILES string of the molecule is CCCC[C@@H](CC)CNC(=O)[C@H]1[C@@H](C(=O)O)[C@H]2C=C[C@@H]1O2. The highest BCUT2D eigenvalue weighted by molar-refractivity contribution is 5.87. The molecular weight excluding hydrogens is 270 g/mol. The van der Waals surface area contributed by atoms with Crippen LogP contribution in [0.3, 0.4) is 0 Å². The van der Waals surface area contributed by atoms with Crippen LogP contribution in [0.2, 0.25) is 0 Å². The highest BCUT2D eigenvalue weighted by Crippen LogP contribution is 2.39. The molecule has 0 unspecified atom stereocenters. The fourth-order valence-corrected chi connectivity index (χ4v) is 3.22. The van der Waals surface area contributed by atoms with E-state index in [1.807, 2.05) is 6.08 Å². The van der Waals surface area contributed by atoms with E-state index in [0.29, 0.717) is 12.5 Å². The number of carboxylic acids is 1. The minimum Gasteiger partial charge on any atom is -0.481 e. The Morgan fingerprint density at radius 1 is 1.24 bits per heavy atom. The van der Waals surface area contributed by atoms with Crippen molar-refractivity contribution in [3.8, 4) is 0 Å². The van der Waals surface area contributed by atoms with E-state index < -0.39 is 23.9 Å². The lowest BCUT2D eigenvalue weighted by Crippen LogP contribution is -2.43. The van der Waals surface area contributed by atoms with Gasteiger partial charge in [-0.15, -0.1) is 0 Å². The monoisotopic (exact) mass is 295 g/mol. The molecule has 21 heavy (non-hydrogen) atoms. The largest absolute Gasteiger partial charge is 0.481 e. The van der Waals surface area contributed by atoms with E-state index in [1.54, 1.807) is 6.08 Å². The smallest absolute Gasteiger partial charge is 0.310 e. The van der Waals surface area contributed by atoms with Crippen molar-refractivity contribution >= 4 is 11.9 Å². The first-order valence-corrected chi connectivity index (χ1v) is 7.92. The van der Waals surface area contributed by atoms with E-state index in [-0.39, 0.29) is 12.0 Å². The van der Waals surface area contributed by atoms with Crippen molar-refractivity contribution in [2.45, 2.75) is 51.7 Å². The first-order valence-electron chi connectivity index (χ1n) is 7.92. The van der Waals surface area contributed by atoms with Crippen molar-refractivity contribution in [3.05, 3.63) is 12.2 Å². The van der Waals surface area contributed by atoms with Crippen LogP contribution in [0, 0.1) is 17.8 Å². The van der Waals surface area contributed by atoms with Crippen LogP contribution in [0.1, 0.15) is 39.5 Å². The third-order valence-corrected chi connectivity index (χ3v) is 4.60. The van der Waals surface area contributed by atoms with Gasteiger partial charge in [0.1, 0.15) is 5.92 Å². The van der Waals surface area contributed by atoms with Gasteiger partial charge >= 0.3 is 5.97 Å². The average molecular weight is 295 g/mol. The lowest BCUT2D eigenvalue weighted by molar-refractivity contribution is -0.146. The maximum absolute atomic E-state index is 12.4. The molecule has 0 aromatic heterocycles. The van der Waals surface area contributed by atoms with Crippen molar-refractivity contribution < 1.29 is 19.4 Å². The lowest BCUT2D eigenvalue weighted by atomic mass is 9.82. The molecule has 0 spiro atoms. The molecule has 0 radical (unpaired) electrons. The molecule has 2 aliphatic rings. The zero-order valence-corrected chi connectivity index (χ0v) is 12.7. The van der Waals surface area contributed by atoms with Crippen LogP contribution in [-0.2, 0) is 14.3 Å². The van der Waals surface area contributed by atoms with Crippen LogP contribution in [0.25, 0.3) is 0 Å². The summed E-state index contributed by atoms with van der Waals surface area (Å²) < 4.78 is 5.53. The lowest BCUT2D eigenvalue weighted by Gasteiger charge is -2.22. The maximum Gasteiger partial charge on any atom is 0.310 e. The average Bonchev–Trinajstić information content (AvgIpc) is 3.07. The van der Waals surface area contributed by atoms with Gasteiger partial charge in [-0.05, 0) is 12.3 Å². The van der Waals surface area contributed by atoms with Gasteiger partial charge in [0.05, 0.1) is 18.1 Å². The van der Waals surface area contributed by atoms with Gasteiger partial charge in [0.2, 0.25) is 5.91 Å². The van der Waals surface area contributed by atoms with Crippen LogP contribution >= 0.6 is 0 Å². The van der Waals surface area contributed by atoms with Gasteiger partial charge in [0.25, 0.3) is 0 Å². The van der Waals surface area contributed by atoms with Gasteiger partial charge < -0.3 is 15.2 Å².